The predicted octanol–water partition coefficient (Wildman–Crippen LogP) is 0.251. The second-order valence-corrected chi connectivity index (χ2v) is 10.4. The van der Waals surface area contributed by atoms with Crippen LogP contribution in [0.2, 0.25) is 0 Å². The summed E-state index contributed by atoms with van der Waals surface area (Å²) < 4.78 is 0. The SMILES string of the molecule is CCC(C)C(N)C(=O)NC(Cc1c[nH]c2ccccc12)C(=O)NC(CC(N)=O)C(=O)NC(CCSC)C(=O)O. The number of carbonyl (C=O) groups is 5. The molecule has 4 amide bonds. The number of hydrogen-bond acceptors (Lipinski definition) is 7. The third-order valence-corrected chi connectivity index (χ3v) is 7.20. The number of thioether (sulfide) groups is 1. The molecule has 39 heavy (non-hydrogen) atoms. The molecule has 0 radical (unpaired) electrons. The second-order valence-electron chi connectivity index (χ2n) is 9.45. The fourth-order valence-electron chi connectivity index (χ4n) is 3.96. The molecule has 0 saturated heterocycles. The van der Waals surface area contributed by atoms with Crippen LogP contribution in [0, 0.1) is 5.92 Å². The normalized spacial score (nSPS) is 15.0. The summed E-state index contributed by atoms with van der Waals surface area (Å²) in [5.74, 6) is -3.95. The van der Waals surface area contributed by atoms with Crippen LogP contribution < -0.4 is 27.4 Å². The third-order valence-electron chi connectivity index (χ3n) is 6.56. The van der Waals surface area contributed by atoms with Crippen molar-refractivity contribution in [3.05, 3.63) is 36.0 Å². The van der Waals surface area contributed by atoms with Gasteiger partial charge in [0.25, 0.3) is 0 Å². The number of hydrogen-bond donors (Lipinski definition) is 7. The van der Waals surface area contributed by atoms with E-state index in [-0.39, 0.29) is 18.8 Å². The first-order valence-electron chi connectivity index (χ1n) is 12.7. The van der Waals surface area contributed by atoms with Crippen LogP contribution in [0.5, 0.6) is 0 Å². The molecule has 5 unspecified atom stereocenters. The summed E-state index contributed by atoms with van der Waals surface area (Å²) in [5, 5.41) is 17.8. The first-order chi connectivity index (χ1) is 18.5. The molecule has 12 nitrogen and oxygen atoms in total. The maximum Gasteiger partial charge on any atom is 0.326 e. The number of H-pyrrole nitrogens is 1. The predicted molar refractivity (Wildman–Crippen MR) is 150 cm³/mol. The standard InChI is InChI=1S/C26H38N6O6S/c1-4-14(2)22(28)25(36)32-19(11-15-13-29-17-8-6-5-7-16(15)17)23(34)31-20(12-21(27)33)24(35)30-18(26(37)38)9-10-39-3/h5-8,13-14,18-20,22,29H,4,9-12,28H2,1-3H3,(H2,27,33)(H,30,35)(H,31,34)(H,32,36)(H,37,38). The number of amides is 4. The van der Waals surface area contributed by atoms with Crippen molar-refractivity contribution in [1.82, 2.24) is 20.9 Å². The van der Waals surface area contributed by atoms with Crippen molar-refractivity contribution in [1.29, 1.82) is 0 Å². The van der Waals surface area contributed by atoms with Gasteiger partial charge in [-0.3, -0.25) is 19.2 Å². The van der Waals surface area contributed by atoms with Gasteiger partial charge in [-0.05, 0) is 36.0 Å². The number of fused-ring (bicyclic) bond motifs is 1. The van der Waals surface area contributed by atoms with Gasteiger partial charge in [-0.1, -0.05) is 38.5 Å². The molecule has 0 bridgehead atoms. The van der Waals surface area contributed by atoms with E-state index in [1.54, 1.807) is 12.5 Å². The number of aromatic amines is 1. The monoisotopic (exact) mass is 562 g/mol. The lowest BCUT2D eigenvalue weighted by molar-refractivity contribution is -0.142. The van der Waals surface area contributed by atoms with Crippen LogP contribution >= 0.6 is 11.8 Å². The van der Waals surface area contributed by atoms with E-state index in [0.717, 1.165) is 16.5 Å². The van der Waals surface area contributed by atoms with Crippen molar-refractivity contribution in [3.63, 3.8) is 0 Å². The Labute approximate surface area is 231 Å². The fourth-order valence-corrected chi connectivity index (χ4v) is 4.43. The van der Waals surface area contributed by atoms with E-state index in [2.05, 4.69) is 20.9 Å². The van der Waals surface area contributed by atoms with Crippen LogP contribution in [0.4, 0.5) is 0 Å². The topological polar surface area (TPSA) is 209 Å². The highest BCUT2D eigenvalue weighted by molar-refractivity contribution is 7.98. The van der Waals surface area contributed by atoms with Crippen LogP contribution in [0.15, 0.2) is 30.5 Å². The van der Waals surface area contributed by atoms with Gasteiger partial charge in [-0.25, -0.2) is 4.79 Å². The Morgan fingerprint density at radius 2 is 1.62 bits per heavy atom. The smallest absolute Gasteiger partial charge is 0.326 e. The lowest BCUT2D eigenvalue weighted by Gasteiger charge is -2.25. The largest absolute Gasteiger partial charge is 0.480 e. The van der Waals surface area contributed by atoms with Crippen molar-refractivity contribution < 1.29 is 29.1 Å². The van der Waals surface area contributed by atoms with Gasteiger partial charge in [-0.2, -0.15) is 11.8 Å². The molecule has 1 aromatic heterocycles. The van der Waals surface area contributed by atoms with Crippen molar-refractivity contribution in [2.24, 2.45) is 17.4 Å². The van der Waals surface area contributed by atoms with E-state index in [1.807, 2.05) is 38.1 Å². The van der Waals surface area contributed by atoms with Gasteiger partial charge in [0.1, 0.15) is 18.1 Å². The molecule has 0 saturated carbocycles. The molecule has 9 N–H and O–H groups in total. The number of para-hydroxylation sites is 1. The number of rotatable bonds is 16. The molecular weight excluding hydrogens is 524 g/mol. The molecule has 0 spiro atoms. The highest BCUT2D eigenvalue weighted by atomic mass is 32.2. The van der Waals surface area contributed by atoms with E-state index in [9.17, 15) is 29.1 Å². The summed E-state index contributed by atoms with van der Waals surface area (Å²) in [6.45, 7) is 3.71. The zero-order chi connectivity index (χ0) is 29.1. The van der Waals surface area contributed by atoms with E-state index in [4.69, 9.17) is 11.5 Å². The van der Waals surface area contributed by atoms with Crippen LogP contribution in [-0.2, 0) is 30.4 Å². The minimum Gasteiger partial charge on any atom is -0.480 e. The van der Waals surface area contributed by atoms with Crippen molar-refractivity contribution in [2.75, 3.05) is 12.0 Å². The molecule has 0 aliphatic carbocycles. The summed E-state index contributed by atoms with van der Waals surface area (Å²) in [4.78, 5) is 65.8. The molecule has 0 aliphatic rings. The van der Waals surface area contributed by atoms with Gasteiger partial charge in [-0.15, -0.1) is 0 Å². The molecule has 0 aliphatic heterocycles. The quantitative estimate of drug-likeness (QED) is 0.150. The minimum atomic E-state index is -1.45. The number of carboxylic acid groups (broad SMARTS) is 1. The average Bonchev–Trinajstić information content (AvgIpc) is 3.31. The Hall–Kier alpha value is -3.58. The number of aliphatic carboxylic acids is 1. The van der Waals surface area contributed by atoms with Crippen LogP contribution in [0.25, 0.3) is 10.9 Å². The summed E-state index contributed by atoms with van der Waals surface area (Å²) >= 11 is 1.41. The summed E-state index contributed by atoms with van der Waals surface area (Å²) in [5.41, 5.74) is 13.0. The van der Waals surface area contributed by atoms with Crippen molar-refractivity contribution in [3.8, 4) is 0 Å². The lowest BCUT2D eigenvalue weighted by Crippen LogP contribution is -2.58. The Morgan fingerprint density at radius 1 is 1.00 bits per heavy atom. The summed E-state index contributed by atoms with van der Waals surface area (Å²) in [7, 11) is 0. The van der Waals surface area contributed by atoms with Crippen LogP contribution in [0.3, 0.4) is 0 Å². The first-order valence-corrected chi connectivity index (χ1v) is 14.1. The van der Waals surface area contributed by atoms with Gasteiger partial charge in [0, 0.05) is 23.5 Å². The molecule has 2 aromatic rings. The van der Waals surface area contributed by atoms with Crippen LogP contribution in [-0.4, -0.2) is 75.9 Å². The molecule has 0 fully saturated rings. The zero-order valence-electron chi connectivity index (χ0n) is 22.4. The minimum absolute atomic E-state index is 0.0607. The number of benzene rings is 1. The highest BCUT2D eigenvalue weighted by Crippen LogP contribution is 2.19. The molecule has 1 aromatic carbocycles. The highest BCUT2D eigenvalue weighted by Gasteiger charge is 2.32. The van der Waals surface area contributed by atoms with Gasteiger partial charge in [0.2, 0.25) is 23.6 Å². The second kappa shape index (κ2) is 15.1. The average molecular weight is 563 g/mol. The number of carbonyl (C=O) groups excluding carboxylic acids is 4. The molecule has 1 heterocycles. The van der Waals surface area contributed by atoms with Crippen molar-refractivity contribution >= 4 is 52.3 Å². The fraction of sp³-hybridized carbons (Fsp3) is 0.500. The Morgan fingerprint density at radius 3 is 2.23 bits per heavy atom. The van der Waals surface area contributed by atoms with E-state index in [1.165, 1.54) is 11.8 Å². The van der Waals surface area contributed by atoms with Crippen molar-refractivity contribution in [2.45, 2.75) is 63.7 Å². The molecule has 214 valence electrons. The lowest BCUT2D eigenvalue weighted by atomic mass is 9.98. The molecule has 5 atom stereocenters. The van der Waals surface area contributed by atoms with Gasteiger partial charge >= 0.3 is 5.97 Å². The maximum atomic E-state index is 13.5. The summed E-state index contributed by atoms with van der Waals surface area (Å²) in [6, 6.07) is 2.75. The number of nitrogens with two attached hydrogens (primary N) is 2. The van der Waals surface area contributed by atoms with Crippen LogP contribution in [0.1, 0.15) is 38.7 Å². The Kier molecular flexibility index (Phi) is 12.3. The van der Waals surface area contributed by atoms with E-state index < -0.39 is 60.2 Å². The van der Waals surface area contributed by atoms with Gasteiger partial charge in [0.05, 0.1) is 12.5 Å². The number of nitrogens with one attached hydrogen (secondary N) is 4. The molecule has 2 rings (SSSR count). The number of primary amides is 1. The number of aromatic nitrogens is 1. The first kappa shape index (κ1) is 31.6. The molecule has 13 heteroatoms. The molecular formula is C26H38N6O6S. The Bertz CT molecular complexity index is 1170. The van der Waals surface area contributed by atoms with Gasteiger partial charge < -0.3 is 37.5 Å². The Balaban J connectivity index is 2.31. The summed E-state index contributed by atoms with van der Waals surface area (Å²) in [6.07, 6.45) is 3.81. The number of carboxylic acids is 1. The maximum absolute atomic E-state index is 13.5. The van der Waals surface area contributed by atoms with E-state index >= 15 is 0 Å². The van der Waals surface area contributed by atoms with Gasteiger partial charge in [0.15, 0.2) is 0 Å². The van der Waals surface area contributed by atoms with E-state index in [0.29, 0.717) is 12.2 Å². The zero-order valence-corrected chi connectivity index (χ0v) is 23.2. The third kappa shape index (κ3) is 9.29.